The van der Waals surface area contributed by atoms with Crippen molar-refractivity contribution in [1.82, 2.24) is 4.57 Å². The summed E-state index contributed by atoms with van der Waals surface area (Å²) in [4.78, 5) is 22.6. The summed E-state index contributed by atoms with van der Waals surface area (Å²) in [6.45, 7) is 6.48. The second-order valence-electron chi connectivity index (χ2n) is 4.19. The van der Waals surface area contributed by atoms with Crippen molar-refractivity contribution in [2.24, 2.45) is 5.92 Å². The van der Waals surface area contributed by atoms with Gasteiger partial charge in [0.1, 0.15) is 5.56 Å². The molecule has 1 heterocycles. The highest BCUT2D eigenvalue weighted by Gasteiger charge is 2.13. The third kappa shape index (κ3) is 2.51. The zero-order valence-corrected chi connectivity index (χ0v) is 9.86. The lowest BCUT2D eigenvalue weighted by molar-refractivity contribution is 0.0694. The van der Waals surface area contributed by atoms with E-state index < -0.39 is 11.5 Å². The second kappa shape index (κ2) is 4.96. The normalized spacial score (nSPS) is 10.8. The number of nitrogens with zero attached hydrogens (tertiary/aromatic N) is 1. The molecule has 1 rings (SSSR count). The van der Waals surface area contributed by atoms with Gasteiger partial charge in [0.2, 0.25) is 0 Å². The lowest BCUT2D eigenvalue weighted by Gasteiger charge is -2.13. The molecule has 4 heteroatoms. The van der Waals surface area contributed by atoms with Crippen molar-refractivity contribution in [3.63, 3.8) is 0 Å². The Balaban J connectivity index is 3.29. The van der Waals surface area contributed by atoms with Gasteiger partial charge in [0.25, 0.3) is 5.56 Å². The minimum atomic E-state index is -1.16. The number of hydrogen-bond donors (Lipinski definition) is 1. The fraction of sp³-hybridized carbons (Fsp3) is 0.500. The Morgan fingerprint density at radius 2 is 2.06 bits per heavy atom. The number of rotatable bonds is 4. The molecule has 0 aliphatic heterocycles. The van der Waals surface area contributed by atoms with Crippen molar-refractivity contribution in [3.05, 3.63) is 33.7 Å². The van der Waals surface area contributed by atoms with E-state index in [0.717, 1.165) is 12.1 Å². The van der Waals surface area contributed by atoms with E-state index in [9.17, 15) is 9.59 Å². The Hall–Kier alpha value is -1.58. The van der Waals surface area contributed by atoms with Crippen molar-refractivity contribution in [1.29, 1.82) is 0 Å². The molecule has 0 bridgehead atoms. The van der Waals surface area contributed by atoms with E-state index in [1.54, 1.807) is 6.07 Å². The number of carboxylic acid groups (broad SMARTS) is 1. The SMILES string of the molecule is CCn1c(CC(C)C)ccc(C(=O)O)c1=O. The second-order valence-corrected chi connectivity index (χ2v) is 4.19. The molecular formula is C12H17NO3. The van der Waals surface area contributed by atoms with Gasteiger partial charge in [0.05, 0.1) is 0 Å². The molecule has 0 unspecified atom stereocenters. The highest BCUT2D eigenvalue weighted by atomic mass is 16.4. The van der Waals surface area contributed by atoms with Crippen LogP contribution in [0.2, 0.25) is 0 Å². The summed E-state index contributed by atoms with van der Waals surface area (Å²) in [6.07, 6.45) is 0.781. The monoisotopic (exact) mass is 223 g/mol. The molecule has 0 aromatic carbocycles. The van der Waals surface area contributed by atoms with Crippen LogP contribution in [0.25, 0.3) is 0 Å². The molecule has 0 amide bonds. The van der Waals surface area contributed by atoms with Crippen molar-refractivity contribution in [2.45, 2.75) is 33.7 Å². The van der Waals surface area contributed by atoms with Crippen LogP contribution < -0.4 is 5.56 Å². The highest BCUT2D eigenvalue weighted by molar-refractivity contribution is 5.87. The highest BCUT2D eigenvalue weighted by Crippen LogP contribution is 2.07. The number of aromatic nitrogens is 1. The maximum atomic E-state index is 11.8. The third-order valence-electron chi connectivity index (χ3n) is 2.43. The molecule has 0 spiro atoms. The molecule has 16 heavy (non-hydrogen) atoms. The molecule has 88 valence electrons. The molecule has 0 fully saturated rings. The summed E-state index contributed by atoms with van der Waals surface area (Å²) in [7, 11) is 0. The Labute approximate surface area is 94.5 Å². The van der Waals surface area contributed by atoms with E-state index >= 15 is 0 Å². The minimum absolute atomic E-state index is 0.158. The summed E-state index contributed by atoms with van der Waals surface area (Å²) in [5.41, 5.74) is 0.329. The average Bonchev–Trinajstić information content (AvgIpc) is 2.16. The molecule has 0 aliphatic rings. The number of aromatic carboxylic acids is 1. The van der Waals surface area contributed by atoms with Gasteiger partial charge in [0, 0.05) is 12.2 Å². The molecule has 0 aliphatic carbocycles. The molecule has 0 saturated heterocycles. The van der Waals surface area contributed by atoms with Crippen molar-refractivity contribution < 1.29 is 9.90 Å². The predicted octanol–water partition coefficient (Wildman–Crippen LogP) is 1.76. The van der Waals surface area contributed by atoms with Crippen LogP contribution >= 0.6 is 0 Å². The van der Waals surface area contributed by atoms with Crippen LogP contribution in [0.4, 0.5) is 0 Å². The number of pyridine rings is 1. The average molecular weight is 223 g/mol. The molecule has 4 nitrogen and oxygen atoms in total. The van der Waals surface area contributed by atoms with Crippen LogP contribution in [0, 0.1) is 5.92 Å². The fourth-order valence-electron chi connectivity index (χ4n) is 1.72. The van der Waals surface area contributed by atoms with Gasteiger partial charge in [-0.3, -0.25) is 4.79 Å². The Morgan fingerprint density at radius 3 is 2.50 bits per heavy atom. The zero-order valence-electron chi connectivity index (χ0n) is 9.86. The van der Waals surface area contributed by atoms with E-state index in [2.05, 4.69) is 13.8 Å². The first-order chi connectivity index (χ1) is 7.47. The number of hydrogen-bond acceptors (Lipinski definition) is 2. The smallest absolute Gasteiger partial charge is 0.341 e. The topological polar surface area (TPSA) is 59.3 Å². The Bertz CT molecular complexity index is 446. The summed E-state index contributed by atoms with van der Waals surface area (Å²) < 4.78 is 1.53. The number of carbonyl (C=O) groups is 1. The lowest BCUT2D eigenvalue weighted by Crippen LogP contribution is -2.28. The van der Waals surface area contributed by atoms with Gasteiger partial charge >= 0.3 is 5.97 Å². The number of carboxylic acids is 1. The van der Waals surface area contributed by atoms with Gasteiger partial charge in [-0.05, 0) is 31.4 Å². The van der Waals surface area contributed by atoms with Crippen molar-refractivity contribution >= 4 is 5.97 Å². The molecule has 0 radical (unpaired) electrons. The van der Waals surface area contributed by atoms with Crippen molar-refractivity contribution in [3.8, 4) is 0 Å². The van der Waals surface area contributed by atoms with E-state index in [1.165, 1.54) is 10.6 Å². The van der Waals surface area contributed by atoms with Crippen LogP contribution in [-0.4, -0.2) is 15.6 Å². The van der Waals surface area contributed by atoms with Gasteiger partial charge in [-0.1, -0.05) is 13.8 Å². The first-order valence-electron chi connectivity index (χ1n) is 5.43. The summed E-state index contributed by atoms with van der Waals surface area (Å²) in [5, 5.41) is 8.85. The van der Waals surface area contributed by atoms with Gasteiger partial charge in [-0.15, -0.1) is 0 Å². The van der Waals surface area contributed by atoms with Crippen LogP contribution in [0.5, 0.6) is 0 Å². The maximum absolute atomic E-state index is 11.8. The molecule has 0 atom stereocenters. The van der Waals surface area contributed by atoms with Gasteiger partial charge in [0.15, 0.2) is 0 Å². The first kappa shape index (κ1) is 12.5. The first-order valence-corrected chi connectivity index (χ1v) is 5.43. The van der Waals surface area contributed by atoms with E-state index in [0.29, 0.717) is 12.5 Å². The minimum Gasteiger partial charge on any atom is -0.477 e. The van der Waals surface area contributed by atoms with Crippen LogP contribution in [-0.2, 0) is 13.0 Å². The van der Waals surface area contributed by atoms with Crippen molar-refractivity contribution in [2.75, 3.05) is 0 Å². The Kier molecular flexibility index (Phi) is 3.88. The lowest BCUT2D eigenvalue weighted by atomic mass is 10.1. The van der Waals surface area contributed by atoms with Crippen LogP contribution in [0.3, 0.4) is 0 Å². The van der Waals surface area contributed by atoms with Crippen LogP contribution in [0.1, 0.15) is 36.8 Å². The zero-order chi connectivity index (χ0) is 12.3. The Morgan fingerprint density at radius 1 is 1.44 bits per heavy atom. The van der Waals surface area contributed by atoms with Gasteiger partial charge < -0.3 is 9.67 Å². The van der Waals surface area contributed by atoms with E-state index in [1.807, 2.05) is 6.92 Å². The largest absolute Gasteiger partial charge is 0.477 e. The predicted molar refractivity (Wildman–Crippen MR) is 61.9 cm³/mol. The molecule has 1 N–H and O–H groups in total. The van der Waals surface area contributed by atoms with Gasteiger partial charge in [-0.2, -0.15) is 0 Å². The van der Waals surface area contributed by atoms with E-state index in [-0.39, 0.29) is 5.56 Å². The molecule has 0 saturated carbocycles. The van der Waals surface area contributed by atoms with Gasteiger partial charge in [-0.25, -0.2) is 4.79 Å². The summed E-state index contributed by atoms with van der Waals surface area (Å²) in [5.74, 6) is -0.726. The summed E-state index contributed by atoms with van der Waals surface area (Å²) in [6, 6.07) is 3.13. The molecular weight excluding hydrogens is 206 g/mol. The summed E-state index contributed by atoms with van der Waals surface area (Å²) >= 11 is 0. The molecule has 1 aromatic heterocycles. The van der Waals surface area contributed by atoms with Crippen LogP contribution in [0.15, 0.2) is 16.9 Å². The standard InChI is InChI=1S/C12H17NO3/c1-4-13-9(7-8(2)3)5-6-10(11(13)14)12(15)16/h5-6,8H,4,7H2,1-3H3,(H,15,16). The fourth-order valence-corrected chi connectivity index (χ4v) is 1.72. The maximum Gasteiger partial charge on any atom is 0.341 e. The molecule has 1 aromatic rings. The van der Waals surface area contributed by atoms with E-state index in [4.69, 9.17) is 5.11 Å². The quantitative estimate of drug-likeness (QED) is 0.846. The third-order valence-corrected chi connectivity index (χ3v) is 2.43.